The molecule has 0 amide bonds. The molecule has 0 unspecified atom stereocenters. The standard InChI is InChI=1S/C23H37NO3SSi/c1-9-17-24(28(25,26)21-12-10-19(2)11-13-21)18-14-20(3)23(15-16-23)27-29(7,8)22(4,5)6/h9-14H,1,15-18H2,2-8H3/b20-14+. The fourth-order valence-electron chi connectivity index (χ4n) is 3.03. The van der Waals surface area contributed by atoms with Crippen molar-refractivity contribution < 1.29 is 12.8 Å². The van der Waals surface area contributed by atoms with Gasteiger partial charge in [-0.3, -0.25) is 0 Å². The molecular formula is C23H37NO3SSi. The highest BCUT2D eigenvalue weighted by Crippen LogP contribution is 2.51. The first-order valence-corrected chi connectivity index (χ1v) is 14.7. The molecule has 0 bridgehead atoms. The second-order valence-corrected chi connectivity index (χ2v) is 16.3. The molecule has 6 heteroatoms. The molecule has 1 fully saturated rings. The van der Waals surface area contributed by atoms with Crippen LogP contribution < -0.4 is 0 Å². The van der Waals surface area contributed by atoms with E-state index in [4.69, 9.17) is 4.43 Å². The predicted molar refractivity (Wildman–Crippen MR) is 124 cm³/mol. The minimum absolute atomic E-state index is 0.145. The molecule has 0 radical (unpaired) electrons. The Morgan fingerprint density at radius 1 is 1.21 bits per heavy atom. The van der Waals surface area contributed by atoms with Crippen molar-refractivity contribution in [1.82, 2.24) is 4.31 Å². The second-order valence-electron chi connectivity index (χ2n) is 9.67. The average Bonchev–Trinajstić information content (AvgIpc) is 3.37. The van der Waals surface area contributed by atoms with Crippen LogP contribution in [0.25, 0.3) is 0 Å². The van der Waals surface area contributed by atoms with Crippen molar-refractivity contribution in [2.45, 2.75) is 76.1 Å². The molecule has 0 aromatic heterocycles. The third-order valence-corrected chi connectivity index (χ3v) is 12.6. The van der Waals surface area contributed by atoms with Gasteiger partial charge in [-0.15, -0.1) is 6.58 Å². The van der Waals surface area contributed by atoms with Crippen LogP contribution in [0.1, 0.15) is 46.1 Å². The summed E-state index contributed by atoms with van der Waals surface area (Å²) >= 11 is 0. The average molecular weight is 436 g/mol. The maximum Gasteiger partial charge on any atom is 0.243 e. The zero-order valence-electron chi connectivity index (χ0n) is 19.1. The summed E-state index contributed by atoms with van der Waals surface area (Å²) in [5.41, 5.74) is 1.96. The number of aryl methyl sites for hydroxylation is 1. The Morgan fingerprint density at radius 3 is 2.21 bits per heavy atom. The first kappa shape index (κ1) is 24.1. The van der Waals surface area contributed by atoms with Gasteiger partial charge in [0.2, 0.25) is 10.0 Å². The van der Waals surface area contributed by atoms with Crippen LogP contribution in [0.4, 0.5) is 0 Å². The van der Waals surface area contributed by atoms with Crippen molar-refractivity contribution in [2.75, 3.05) is 13.1 Å². The molecule has 2 rings (SSSR count). The van der Waals surface area contributed by atoms with Crippen LogP contribution in [0.2, 0.25) is 18.1 Å². The predicted octanol–water partition coefficient (Wildman–Crippen LogP) is 5.67. The maximum absolute atomic E-state index is 13.1. The summed E-state index contributed by atoms with van der Waals surface area (Å²) in [5, 5.41) is 0.145. The topological polar surface area (TPSA) is 46.6 Å². The van der Waals surface area contributed by atoms with Gasteiger partial charge in [0, 0.05) is 13.1 Å². The number of benzene rings is 1. The maximum atomic E-state index is 13.1. The Balaban J connectivity index is 2.22. The molecule has 1 aliphatic carbocycles. The van der Waals surface area contributed by atoms with Gasteiger partial charge in [0.15, 0.2) is 8.32 Å². The molecule has 0 spiro atoms. The molecule has 4 nitrogen and oxygen atoms in total. The van der Waals surface area contributed by atoms with E-state index in [0.29, 0.717) is 11.4 Å². The Kier molecular flexibility index (Phi) is 7.05. The Morgan fingerprint density at radius 2 is 1.76 bits per heavy atom. The number of rotatable bonds is 9. The van der Waals surface area contributed by atoms with Crippen molar-refractivity contribution in [3.8, 4) is 0 Å². The van der Waals surface area contributed by atoms with Crippen LogP contribution in [0.15, 0.2) is 53.5 Å². The van der Waals surface area contributed by atoms with Crippen LogP contribution in [0.5, 0.6) is 0 Å². The molecule has 0 heterocycles. The molecule has 29 heavy (non-hydrogen) atoms. The van der Waals surface area contributed by atoms with Crippen molar-refractivity contribution >= 4 is 18.3 Å². The smallest absolute Gasteiger partial charge is 0.243 e. The second kappa shape index (κ2) is 8.50. The molecule has 0 N–H and O–H groups in total. The minimum Gasteiger partial charge on any atom is -0.408 e. The van der Waals surface area contributed by atoms with Gasteiger partial charge < -0.3 is 4.43 Å². The SMILES string of the molecule is C=CCN(C/C=C(\C)C1(O[Si](C)(C)C(C)(C)C)CC1)S(=O)(=O)c1ccc(C)cc1. The Bertz CT molecular complexity index is 860. The van der Waals surface area contributed by atoms with Crippen molar-refractivity contribution in [3.05, 3.63) is 54.1 Å². The van der Waals surface area contributed by atoms with E-state index >= 15 is 0 Å². The highest BCUT2D eigenvalue weighted by molar-refractivity contribution is 7.89. The van der Waals surface area contributed by atoms with Gasteiger partial charge in [0.25, 0.3) is 0 Å². The number of sulfonamides is 1. The van der Waals surface area contributed by atoms with E-state index in [9.17, 15) is 8.42 Å². The lowest BCUT2D eigenvalue weighted by Crippen LogP contribution is -2.45. The van der Waals surface area contributed by atoms with E-state index in [1.807, 2.05) is 25.1 Å². The molecule has 0 aliphatic heterocycles. The van der Waals surface area contributed by atoms with Gasteiger partial charge in [0.1, 0.15) is 0 Å². The third-order valence-electron chi connectivity index (χ3n) is 6.27. The Hall–Kier alpha value is -1.21. The number of hydrogen-bond donors (Lipinski definition) is 0. The van der Waals surface area contributed by atoms with Gasteiger partial charge in [0.05, 0.1) is 10.5 Å². The van der Waals surface area contributed by atoms with E-state index in [2.05, 4.69) is 47.4 Å². The van der Waals surface area contributed by atoms with Crippen molar-refractivity contribution in [1.29, 1.82) is 0 Å². The summed E-state index contributed by atoms with van der Waals surface area (Å²) < 4.78 is 34.4. The summed E-state index contributed by atoms with van der Waals surface area (Å²) in [5.74, 6) is 0. The van der Waals surface area contributed by atoms with Crippen molar-refractivity contribution in [2.24, 2.45) is 0 Å². The molecule has 0 atom stereocenters. The normalized spacial score (nSPS) is 17.4. The largest absolute Gasteiger partial charge is 0.408 e. The van der Waals surface area contributed by atoms with Crippen LogP contribution >= 0.6 is 0 Å². The molecule has 1 saturated carbocycles. The summed E-state index contributed by atoms with van der Waals surface area (Å²) in [6.07, 6.45) is 5.67. The molecule has 162 valence electrons. The minimum atomic E-state index is -3.57. The Labute approximate surface area is 178 Å². The lowest BCUT2D eigenvalue weighted by atomic mass is 10.1. The van der Waals surface area contributed by atoms with E-state index in [1.165, 1.54) is 4.31 Å². The highest BCUT2D eigenvalue weighted by Gasteiger charge is 2.52. The van der Waals surface area contributed by atoms with E-state index in [0.717, 1.165) is 24.0 Å². The lowest BCUT2D eigenvalue weighted by Gasteiger charge is -2.40. The van der Waals surface area contributed by atoms with Gasteiger partial charge >= 0.3 is 0 Å². The molecule has 1 aromatic carbocycles. The molecule has 0 saturated heterocycles. The fraction of sp³-hybridized carbons (Fsp3) is 0.565. The first-order valence-electron chi connectivity index (χ1n) is 10.3. The molecule has 1 aliphatic rings. The van der Waals surface area contributed by atoms with Gasteiger partial charge in [-0.05, 0) is 62.5 Å². The first-order chi connectivity index (χ1) is 13.2. The van der Waals surface area contributed by atoms with Crippen LogP contribution in [0.3, 0.4) is 0 Å². The quantitative estimate of drug-likeness (QED) is 0.371. The zero-order chi connectivity index (χ0) is 22.1. The summed E-state index contributed by atoms with van der Waals surface area (Å²) in [6, 6.07) is 6.99. The van der Waals surface area contributed by atoms with Crippen molar-refractivity contribution in [3.63, 3.8) is 0 Å². The summed E-state index contributed by atoms with van der Waals surface area (Å²) in [7, 11) is -5.47. The van der Waals surface area contributed by atoms with E-state index in [1.54, 1.807) is 18.2 Å². The third kappa shape index (κ3) is 5.48. The van der Waals surface area contributed by atoms with Crippen LogP contribution in [0, 0.1) is 6.92 Å². The van der Waals surface area contributed by atoms with Crippen LogP contribution in [-0.4, -0.2) is 39.7 Å². The molecular weight excluding hydrogens is 398 g/mol. The van der Waals surface area contributed by atoms with E-state index in [-0.39, 0.29) is 17.2 Å². The highest BCUT2D eigenvalue weighted by atomic mass is 32.2. The monoisotopic (exact) mass is 435 g/mol. The number of nitrogens with zero attached hydrogens (tertiary/aromatic N) is 1. The van der Waals surface area contributed by atoms with Crippen LogP contribution in [-0.2, 0) is 14.4 Å². The molecule has 1 aromatic rings. The fourth-order valence-corrected chi connectivity index (χ4v) is 6.03. The van der Waals surface area contributed by atoms with E-state index < -0.39 is 18.3 Å². The zero-order valence-corrected chi connectivity index (χ0v) is 20.9. The number of hydrogen-bond acceptors (Lipinski definition) is 3. The summed E-state index contributed by atoms with van der Waals surface area (Å²) in [4.78, 5) is 0.315. The lowest BCUT2D eigenvalue weighted by molar-refractivity contribution is 0.193. The van der Waals surface area contributed by atoms with Gasteiger partial charge in [-0.2, -0.15) is 4.31 Å². The summed E-state index contributed by atoms with van der Waals surface area (Å²) in [6.45, 7) is 19.6. The van der Waals surface area contributed by atoms with Gasteiger partial charge in [-0.25, -0.2) is 8.42 Å². The van der Waals surface area contributed by atoms with Gasteiger partial charge in [-0.1, -0.05) is 50.6 Å².